The van der Waals surface area contributed by atoms with Crippen molar-refractivity contribution in [2.45, 2.75) is 26.3 Å². The molecule has 0 radical (unpaired) electrons. The minimum Gasteiger partial charge on any atom is -0.379 e. The number of imide groups is 1. The van der Waals surface area contributed by atoms with Gasteiger partial charge in [-0.15, -0.1) is 0 Å². The lowest BCUT2D eigenvalue weighted by molar-refractivity contribution is -0.135. The molecular formula is C17H31N5O4. The van der Waals surface area contributed by atoms with E-state index in [1.807, 2.05) is 30.6 Å². The Morgan fingerprint density at radius 1 is 0.885 bits per heavy atom. The summed E-state index contributed by atoms with van der Waals surface area (Å²) < 4.78 is 5.29. The number of carbonyl (C=O) groups is 3. The Bertz CT molecular complexity index is 506. The van der Waals surface area contributed by atoms with Gasteiger partial charge in [-0.3, -0.25) is 24.7 Å². The third kappa shape index (κ3) is 7.27. The Kier molecular flexibility index (Phi) is 7.36. The lowest BCUT2D eigenvalue weighted by Gasteiger charge is -2.36. The molecule has 9 heteroatoms. The summed E-state index contributed by atoms with van der Waals surface area (Å²) in [5.41, 5.74) is -0.392. The molecule has 0 aromatic heterocycles. The van der Waals surface area contributed by atoms with Crippen LogP contribution in [0.4, 0.5) is 4.79 Å². The van der Waals surface area contributed by atoms with Crippen LogP contribution in [0.2, 0.25) is 0 Å². The maximum atomic E-state index is 12.4. The first-order valence-electron chi connectivity index (χ1n) is 9.15. The van der Waals surface area contributed by atoms with Crippen molar-refractivity contribution >= 4 is 17.8 Å². The number of urea groups is 1. The molecule has 2 aliphatic rings. The first kappa shape index (κ1) is 20.6. The van der Waals surface area contributed by atoms with Crippen molar-refractivity contribution in [1.29, 1.82) is 0 Å². The van der Waals surface area contributed by atoms with Gasteiger partial charge in [-0.25, -0.2) is 4.79 Å². The van der Waals surface area contributed by atoms with E-state index >= 15 is 0 Å². The molecule has 2 heterocycles. The number of nitrogens with one attached hydrogen (secondary N) is 2. The van der Waals surface area contributed by atoms with Crippen LogP contribution in [0, 0.1) is 0 Å². The Hall–Kier alpha value is -1.71. The molecule has 148 valence electrons. The molecule has 2 fully saturated rings. The fourth-order valence-corrected chi connectivity index (χ4v) is 2.95. The third-order valence-corrected chi connectivity index (χ3v) is 4.30. The number of carbonyl (C=O) groups excluding carboxylic acids is 3. The van der Waals surface area contributed by atoms with Crippen molar-refractivity contribution < 1.29 is 19.1 Å². The molecular weight excluding hydrogens is 338 g/mol. The number of hydrogen-bond acceptors (Lipinski definition) is 6. The fourth-order valence-electron chi connectivity index (χ4n) is 2.95. The van der Waals surface area contributed by atoms with Crippen LogP contribution >= 0.6 is 0 Å². The predicted octanol–water partition coefficient (Wildman–Crippen LogP) is -0.913. The maximum Gasteiger partial charge on any atom is 0.321 e. The molecule has 0 aromatic carbocycles. The molecule has 0 unspecified atom stereocenters. The van der Waals surface area contributed by atoms with Crippen molar-refractivity contribution in [3.8, 4) is 0 Å². The lowest BCUT2D eigenvalue weighted by Crippen LogP contribution is -2.55. The van der Waals surface area contributed by atoms with Gasteiger partial charge in [-0.05, 0) is 20.8 Å². The van der Waals surface area contributed by atoms with Crippen molar-refractivity contribution in [2.75, 3.05) is 65.6 Å². The molecule has 26 heavy (non-hydrogen) atoms. The first-order chi connectivity index (χ1) is 12.2. The molecule has 0 aliphatic carbocycles. The number of nitrogens with zero attached hydrogens (tertiary/aromatic N) is 3. The Labute approximate surface area is 155 Å². The van der Waals surface area contributed by atoms with Gasteiger partial charge in [-0.2, -0.15) is 0 Å². The summed E-state index contributed by atoms with van der Waals surface area (Å²) in [6.07, 6.45) is 0. The minimum atomic E-state index is -0.484. The normalized spacial score (nSPS) is 19.9. The van der Waals surface area contributed by atoms with Gasteiger partial charge < -0.3 is 15.0 Å². The van der Waals surface area contributed by atoms with E-state index in [-0.39, 0.29) is 18.4 Å². The summed E-state index contributed by atoms with van der Waals surface area (Å²) >= 11 is 0. The smallest absolute Gasteiger partial charge is 0.321 e. The van der Waals surface area contributed by atoms with E-state index in [0.29, 0.717) is 45.9 Å². The molecule has 0 aromatic rings. The van der Waals surface area contributed by atoms with E-state index in [1.165, 1.54) is 0 Å². The Morgan fingerprint density at radius 3 is 2.04 bits per heavy atom. The summed E-state index contributed by atoms with van der Waals surface area (Å²) in [5, 5.41) is 5.03. The molecule has 9 nitrogen and oxygen atoms in total. The Morgan fingerprint density at radius 2 is 1.46 bits per heavy atom. The zero-order valence-corrected chi connectivity index (χ0v) is 16.0. The van der Waals surface area contributed by atoms with Crippen molar-refractivity contribution in [3.05, 3.63) is 0 Å². The van der Waals surface area contributed by atoms with Gasteiger partial charge in [0.05, 0.1) is 26.3 Å². The molecule has 2 aliphatic heterocycles. The molecule has 2 N–H and O–H groups in total. The van der Waals surface area contributed by atoms with Gasteiger partial charge in [-0.1, -0.05) is 0 Å². The summed E-state index contributed by atoms with van der Waals surface area (Å²) in [4.78, 5) is 42.0. The van der Waals surface area contributed by atoms with E-state index in [4.69, 9.17) is 4.74 Å². The van der Waals surface area contributed by atoms with Crippen molar-refractivity contribution in [2.24, 2.45) is 0 Å². The second-order valence-electron chi connectivity index (χ2n) is 7.80. The second-order valence-corrected chi connectivity index (χ2v) is 7.80. The van der Waals surface area contributed by atoms with Crippen molar-refractivity contribution in [1.82, 2.24) is 25.3 Å². The molecule has 0 saturated carbocycles. The monoisotopic (exact) mass is 369 g/mol. The quantitative estimate of drug-likeness (QED) is 0.666. The largest absolute Gasteiger partial charge is 0.379 e. The number of ether oxygens (including phenoxy) is 1. The standard InChI is InChI=1S/C17H31N5O4/c1-17(2,3)19-16(25)18-14(23)12-20-4-6-22(7-5-20)15(24)13-21-8-10-26-11-9-21/h4-13H2,1-3H3,(H2,18,19,23,25). The fraction of sp³-hybridized carbons (Fsp3) is 0.824. The van der Waals surface area contributed by atoms with E-state index in [1.54, 1.807) is 0 Å². The zero-order chi connectivity index (χ0) is 19.2. The highest BCUT2D eigenvalue weighted by atomic mass is 16.5. The SMILES string of the molecule is CC(C)(C)NC(=O)NC(=O)CN1CCN(C(=O)CN2CCOCC2)CC1. The minimum absolute atomic E-state index is 0.126. The van der Waals surface area contributed by atoms with Gasteiger partial charge in [0.1, 0.15) is 0 Å². The number of hydrogen-bond donors (Lipinski definition) is 2. The van der Waals surface area contributed by atoms with E-state index in [0.717, 1.165) is 13.1 Å². The van der Waals surface area contributed by atoms with Crippen LogP contribution in [0.15, 0.2) is 0 Å². The van der Waals surface area contributed by atoms with Crippen LogP contribution in [0.3, 0.4) is 0 Å². The van der Waals surface area contributed by atoms with Gasteiger partial charge in [0, 0.05) is 44.8 Å². The van der Waals surface area contributed by atoms with Crippen LogP contribution in [0.5, 0.6) is 0 Å². The van der Waals surface area contributed by atoms with Gasteiger partial charge >= 0.3 is 6.03 Å². The van der Waals surface area contributed by atoms with Gasteiger partial charge in [0.25, 0.3) is 0 Å². The van der Waals surface area contributed by atoms with Crippen LogP contribution in [-0.4, -0.2) is 104 Å². The summed E-state index contributed by atoms with van der Waals surface area (Å²) in [5.74, 6) is -0.208. The zero-order valence-electron chi connectivity index (χ0n) is 16.0. The van der Waals surface area contributed by atoms with Crippen LogP contribution < -0.4 is 10.6 Å². The number of rotatable bonds is 4. The molecule has 0 bridgehead atoms. The van der Waals surface area contributed by atoms with Crippen LogP contribution in [0.25, 0.3) is 0 Å². The number of piperazine rings is 1. The molecule has 0 atom stereocenters. The maximum absolute atomic E-state index is 12.4. The molecule has 2 rings (SSSR count). The molecule has 0 spiro atoms. The van der Waals surface area contributed by atoms with E-state index < -0.39 is 11.6 Å². The second kappa shape index (κ2) is 9.29. The van der Waals surface area contributed by atoms with E-state index in [9.17, 15) is 14.4 Å². The topological polar surface area (TPSA) is 94.2 Å². The average molecular weight is 369 g/mol. The Balaban J connectivity index is 1.66. The third-order valence-electron chi connectivity index (χ3n) is 4.30. The molecule has 4 amide bonds. The highest BCUT2D eigenvalue weighted by Crippen LogP contribution is 2.05. The first-order valence-corrected chi connectivity index (χ1v) is 9.15. The number of amides is 4. The van der Waals surface area contributed by atoms with Gasteiger partial charge in [0.15, 0.2) is 0 Å². The van der Waals surface area contributed by atoms with Crippen LogP contribution in [-0.2, 0) is 14.3 Å². The van der Waals surface area contributed by atoms with Crippen LogP contribution in [0.1, 0.15) is 20.8 Å². The highest BCUT2D eigenvalue weighted by molar-refractivity contribution is 5.95. The van der Waals surface area contributed by atoms with Gasteiger partial charge in [0.2, 0.25) is 11.8 Å². The summed E-state index contributed by atoms with van der Waals surface area (Å²) in [7, 11) is 0. The molecule has 2 saturated heterocycles. The number of morpholine rings is 1. The lowest BCUT2D eigenvalue weighted by atomic mass is 10.1. The summed E-state index contributed by atoms with van der Waals surface area (Å²) in [6, 6.07) is -0.484. The van der Waals surface area contributed by atoms with E-state index in [2.05, 4.69) is 15.5 Å². The predicted molar refractivity (Wildman–Crippen MR) is 96.7 cm³/mol. The van der Waals surface area contributed by atoms with Crippen molar-refractivity contribution in [3.63, 3.8) is 0 Å². The highest BCUT2D eigenvalue weighted by Gasteiger charge is 2.25. The summed E-state index contributed by atoms with van der Waals surface area (Å²) in [6.45, 7) is 11.5. The average Bonchev–Trinajstić information content (AvgIpc) is 2.54.